The molecule has 0 aromatic heterocycles. The zero-order valence-electron chi connectivity index (χ0n) is 7.47. The van der Waals surface area contributed by atoms with E-state index in [4.69, 9.17) is 9.47 Å². The van der Waals surface area contributed by atoms with Gasteiger partial charge in [-0.3, -0.25) is 0 Å². The van der Waals surface area contributed by atoms with Gasteiger partial charge >= 0.3 is 0 Å². The lowest BCUT2D eigenvalue weighted by molar-refractivity contribution is 0.269. The van der Waals surface area contributed by atoms with Gasteiger partial charge in [0.2, 0.25) is 0 Å². The number of fused-ring (bicyclic) bond motifs is 1. The van der Waals surface area contributed by atoms with Crippen molar-refractivity contribution in [3.05, 3.63) is 22.2 Å². The maximum Gasteiger partial charge on any atom is 0.164 e. The van der Waals surface area contributed by atoms with Crippen molar-refractivity contribution in [2.24, 2.45) is 0 Å². The van der Waals surface area contributed by atoms with E-state index in [0.29, 0.717) is 0 Å². The van der Waals surface area contributed by atoms with E-state index in [1.54, 1.807) is 7.11 Å². The molecule has 1 aliphatic rings. The Morgan fingerprint density at radius 2 is 2.31 bits per heavy atom. The summed E-state index contributed by atoms with van der Waals surface area (Å²) in [6, 6.07) is 4.03. The Morgan fingerprint density at radius 1 is 1.46 bits per heavy atom. The lowest BCUT2D eigenvalue weighted by atomic mass is 10.1. The summed E-state index contributed by atoms with van der Waals surface area (Å²) in [6.07, 6.45) is 2.16. The molecule has 0 radical (unpaired) electrons. The lowest BCUT2D eigenvalue weighted by Gasteiger charge is -2.19. The normalized spacial score (nSPS) is 14.6. The fourth-order valence-electron chi connectivity index (χ4n) is 1.56. The summed E-state index contributed by atoms with van der Waals surface area (Å²) < 4.78 is 11.8. The third-order valence-corrected chi connectivity index (χ3v) is 2.61. The van der Waals surface area contributed by atoms with Crippen LogP contribution in [0.15, 0.2) is 16.6 Å². The summed E-state index contributed by atoms with van der Waals surface area (Å²) in [5.41, 5.74) is 1.23. The first-order valence-electron chi connectivity index (χ1n) is 4.30. The Morgan fingerprint density at radius 3 is 3.08 bits per heavy atom. The molecule has 0 saturated heterocycles. The smallest absolute Gasteiger partial charge is 0.164 e. The van der Waals surface area contributed by atoms with E-state index < -0.39 is 0 Å². The fourth-order valence-corrected chi connectivity index (χ4v) is 2.04. The minimum Gasteiger partial charge on any atom is -0.493 e. The lowest BCUT2D eigenvalue weighted by Crippen LogP contribution is -2.09. The Bertz CT molecular complexity index is 306. The Hall–Kier alpha value is -0.700. The molecule has 0 amide bonds. The molecule has 0 saturated carbocycles. The Labute approximate surface area is 86.0 Å². The van der Waals surface area contributed by atoms with Crippen molar-refractivity contribution in [1.82, 2.24) is 0 Å². The van der Waals surface area contributed by atoms with Gasteiger partial charge < -0.3 is 9.47 Å². The molecule has 0 N–H and O–H groups in total. The quantitative estimate of drug-likeness (QED) is 0.755. The predicted octanol–water partition coefficient (Wildman–Crippen LogP) is 2.78. The second kappa shape index (κ2) is 3.58. The van der Waals surface area contributed by atoms with Crippen molar-refractivity contribution in [3.8, 4) is 11.5 Å². The standard InChI is InChI=1S/C10H11BrO2/c1-12-9-6-8(11)5-7-3-2-4-13-10(7)9/h5-6H,2-4H2,1H3. The first-order chi connectivity index (χ1) is 6.31. The van der Waals surface area contributed by atoms with Crippen molar-refractivity contribution in [3.63, 3.8) is 0 Å². The SMILES string of the molecule is COc1cc(Br)cc2c1OCCC2. The number of methoxy groups -OCH3 is 1. The van der Waals surface area contributed by atoms with Crippen LogP contribution in [0.25, 0.3) is 0 Å². The number of hydrogen-bond acceptors (Lipinski definition) is 2. The first kappa shape index (κ1) is 8.88. The van der Waals surface area contributed by atoms with E-state index in [2.05, 4.69) is 22.0 Å². The maximum absolute atomic E-state index is 5.55. The molecule has 70 valence electrons. The van der Waals surface area contributed by atoms with Crippen LogP contribution in [0.1, 0.15) is 12.0 Å². The zero-order chi connectivity index (χ0) is 9.26. The van der Waals surface area contributed by atoms with Gasteiger partial charge in [0.15, 0.2) is 11.5 Å². The molecule has 0 unspecified atom stereocenters. The van der Waals surface area contributed by atoms with Crippen LogP contribution in [0, 0.1) is 0 Å². The molecule has 2 nitrogen and oxygen atoms in total. The monoisotopic (exact) mass is 242 g/mol. The van der Waals surface area contributed by atoms with Gasteiger partial charge in [-0.25, -0.2) is 0 Å². The van der Waals surface area contributed by atoms with Crippen molar-refractivity contribution >= 4 is 15.9 Å². The third-order valence-electron chi connectivity index (χ3n) is 2.15. The molecule has 13 heavy (non-hydrogen) atoms. The zero-order valence-corrected chi connectivity index (χ0v) is 9.06. The summed E-state index contributed by atoms with van der Waals surface area (Å²) in [5.74, 6) is 1.74. The maximum atomic E-state index is 5.55. The highest BCUT2D eigenvalue weighted by molar-refractivity contribution is 9.10. The molecular weight excluding hydrogens is 232 g/mol. The van der Waals surface area contributed by atoms with Crippen molar-refractivity contribution in [2.75, 3.05) is 13.7 Å². The average molecular weight is 243 g/mol. The van der Waals surface area contributed by atoms with E-state index in [1.165, 1.54) is 5.56 Å². The van der Waals surface area contributed by atoms with E-state index in [0.717, 1.165) is 35.4 Å². The van der Waals surface area contributed by atoms with Crippen LogP contribution >= 0.6 is 15.9 Å². The van der Waals surface area contributed by atoms with Crippen molar-refractivity contribution in [1.29, 1.82) is 0 Å². The molecule has 1 heterocycles. The minimum absolute atomic E-state index is 0.797. The fraction of sp³-hybridized carbons (Fsp3) is 0.400. The number of aryl methyl sites for hydroxylation is 1. The number of hydrogen-bond donors (Lipinski definition) is 0. The summed E-state index contributed by atoms with van der Waals surface area (Å²) in [5, 5.41) is 0. The minimum atomic E-state index is 0.797. The number of ether oxygens (including phenoxy) is 2. The van der Waals surface area contributed by atoms with Crippen LogP contribution < -0.4 is 9.47 Å². The Balaban J connectivity index is 2.50. The van der Waals surface area contributed by atoms with Crippen LogP contribution in [0.2, 0.25) is 0 Å². The number of halogens is 1. The molecule has 1 aromatic carbocycles. The van der Waals surface area contributed by atoms with Gasteiger partial charge in [0, 0.05) is 4.47 Å². The first-order valence-corrected chi connectivity index (χ1v) is 5.10. The molecule has 0 atom stereocenters. The van der Waals surface area contributed by atoms with E-state index in [-0.39, 0.29) is 0 Å². The highest BCUT2D eigenvalue weighted by Crippen LogP contribution is 2.37. The third kappa shape index (κ3) is 1.66. The van der Waals surface area contributed by atoms with E-state index >= 15 is 0 Å². The van der Waals surface area contributed by atoms with Crippen LogP contribution in [0.5, 0.6) is 11.5 Å². The van der Waals surface area contributed by atoms with Gasteiger partial charge in [0.05, 0.1) is 13.7 Å². The highest BCUT2D eigenvalue weighted by atomic mass is 79.9. The molecule has 0 bridgehead atoms. The van der Waals surface area contributed by atoms with Gasteiger partial charge in [-0.2, -0.15) is 0 Å². The molecule has 2 rings (SSSR count). The molecule has 0 spiro atoms. The van der Waals surface area contributed by atoms with Gasteiger partial charge in [0.1, 0.15) is 0 Å². The van der Waals surface area contributed by atoms with Crippen molar-refractivity contribution < 1.29 is 9.47 Å². The summed E-state index contributed by atoms with van der Waals surface area (Å²) >= 11 is 3.45. The van der Waals surface area contributed by atoms with Gasteiger partial charge in [-0.05, 0) is 30.5 Å². The van der Waals surface area contributed by atoms with Crippen LogP contribution in [-0.2, 0) is 6.42 Å². The molecule has 0 fully saturated rings. The van der Waals surface area contributed by atoms with Gasteiger partial charge in [0.25, 0.3) is 0 Å². The van der Waals surface area contributed by atoms with Crippen LogP contribution in [-0.4, -0.2) is 13.7 Å². The summed E-state index contributed by atoms with van der Waals surface area (Å²) in [7, 11) is 1.67. The average Bonchev–Trinajstić information content (AvgIpc) is 2.16. The van der Waals surface area contributed by atoms with E-state index in [9.17, 15) is 0 Å². The van der Waals surface area contributed by atoms with E-state index in [1.807, 2.05) is 6.07 Å². The van der Waals surface area contributed by atoms with Crippen LogP contribution in [0.3, 0.4) is 0 Å². The number of rotatable bonds is 1. The second-order valence-corrected chi connectivity index (χ2v) is 3.96. The van der Waals surface area contributed by atoms with Crippen LogP contribution in [0.4, 0.5) is 0 Å². The Kier molecular flexibility index (Phi) is 2.44. The predicted molar refractivity (Wildman–Crippen MR) is 54.5 cm³/mol. The second-order valence-electron chi connectivity index (χ2n) is 3.05. The number of benzene rings is 1. The largest absolute Gasteiger partial charge is 0.493 e. The molecule has 0 aliphatic carbocycles. The molecule has 1 aliphatic heterocycles. The molecule has 1 aromatic rings. The topological polar surface area (TPSA) is 18.5 Å². The van der Waals surface area contributed by atoms with Gasteiger partial charge in [-0.1, -0.05) is 15.9 Å². The van der Waals surface area contributed by atoms with Gasteiger partial charge in [-0.15, -0.1) is 0 Å². The molecule has 3 heteroatoms. The summed E-state index contributed by atoms with van der Waals surface area (Å²) in [6.45, 7) is 0.797. The molecular formula is C10H11BrO2. The summed E-state index contributed by atoms with van der Waals surface area (Å²) in [4.78, 5) is 0. The highest BCUT2D eigenvalue weighted by Gasteiger charge is 2.15. The van der Waals surface area contributed by atoms with Crippen molar-refractivity contribution in [2.45, 2.75) is 12.8 Å².